The van der Waals surface area contributed by atoms with Crippen LogP contribution in [0.15, 0.2) is 10.8 Å². The van der Waals surface area contributed by atoms with Crippen molar-refractivity contribution in [2.24, 2.45) is 0 Å². The molecule has 1 aliphatic heterocycles. The fourth-order valence-electron chi connectivity index (χ4n) is 0.473. The summed E-state index contributed by atoms with van der Waals surface area (Å²) in [6, 6.07) is 0. The minimum absolute atomic E-state index is 1.28. The summed E-state index contributed by atoms with van der Waals surface area (Å²) in [6.45, 7) is 3.84. The molecule has 1 rings (SSSR count). The minimum Gasteiger partial charge on any atom is -0.120 e. The van der Waals surface area contributed by atoms with Gasteiger partial charge in [0.1, 0.15) is 0 Å². The maximum atomic E-state index is 3.84. The first-order chi connectivity index (χ1) is 3.39. The predicted octanol–water partition coefficient (Wildman–Crippen LogP) is 2.33. The van der Waals surface area contributed by atoms with E-state index in [1.165, 1.54) is 22.2 Å². The molecule has 1 saturated heterocycles. The van der Waals surface area contributed by atoms with Crippen molar-refractivity contribution < 1.29 is 0 Å². The van der Waals surface area contributed by atoms with Crippen LogP contribution in [0.25, 0.3) is 0 Å². The van der Waals surface area contributed by atoms with Gasteiger partial charge in [0.15, 0.2) is 0 Å². The smallest absolute Gasteiger partial charge is 0.0328 e. The molecule has 0 aromatic rings. The summed E-state index contributed by atoms with van der Waals surface area (Å²) in [4.78, 5) is 0. The Morgan fingerprint density at radius 2 is 1.86 bits per heavy atom. The average molecular weight is 132 g/mol. The van der Waals surface area contributed by atoms with Gasteiger partial charge in [0.25, 0.3) is 0 Å². The quantitative estimate of drug-likeness (QED) is 0.496. The molecule has 0 nitrogen and oxygen atoms in total. The number of hydrogen-bond acceptors (Lipinski definition) is 2. The molecule has 0 bridgehead atoms. The molecular formula is C5H8S2. The van der Waals surface area contributed by atoms with Crippen LogP contribution in [0, 0.1) is 0 Å². The van der Waals surface area contributed by atoms with Crippen molar-refractivity contribution in [1.82, 2.24) is 0 Å². The van der Waals surface area contributed by atoms with Crippen molar-refractivity contribution in [2.75, 3.05) is 11.5 Å². The lowest BCUT2D eigenvalue weighted by Crippen LogP contribution is -1.89. The third-order valence-corrected chi connectivity index (χ3v) is 3.15. The molecule has 40 valence electrons. The lowest BCUT2D eigenvalue weighted by atomic mass is 10.6. The van der Waals surface area contributed by atoms with E-state index in [4.69, 9.17) is 0 Å². The van der Waals surface area contributed by atoms with Crippen LogP contribution < -0.4 is 0 Å². The summed E-state index contributed by atoms with van der Waals surface area (Å²) in [5.41, 5.74) is 0. The SMILES string of the molecule is C=C1SCCCS1. The Morgan fingerprint density at radius 1 is 1.29 bits per heavy atom. The van der Waals surface area contributed by atoms with Crippen molar-refractivity contribution in [3.63, 3.8) is 0 Å². The average Bonchev–Trinajstić information content (AvgIpc) is 1.69. The Morgan fingerprint density at radius 3 is 2.14 bits per heavy atom. The van der Waals surface area contributed by atoms with Gasteiger partial charge >= 0.3 is 0 Å². The molecule has 0 radical (unpaired) electrons. The van der Waals surface area contributed by atoms with Gasteiger partial charge in [-0.15, -0.1) is 23.5 Å². The molecule has 7 heavy (non-hydrogen) atoms. The van der Waals surface area contributed by atoms with Crippen molar-refractivity contribution in [1.29, 1.82) is 0 Å². The largest absolute Gasteiger partial charge is 0.120 e. The topological polar surface area (TPSA) is 0 Å². The summed E-state index contributed by atoms with van der Waals surface area (Å²) in [6.07, 6.45) is 1.36. The fraction of sp³-hybridized carbons (Fsp3) is 0.600. The molecule has 0 amide bonds. The monoisotopic (exact) mass is 132 g/mol. The highest BCUT2D eigenvalue weighted by Gasteiger charge is 2.01. The van der Waals surface area contributed by atoms with Crippen LogP contribution in [-0.2, 0) is 0 Å². The Kier molecular flexibility index (Phi) is 2.13. The van der Waals surface area contributed by atoms with Crippen LogP contribution in [-0.4, -0.2) is 11.5 Å². The van der Waals surface area contributed by atoms with Crippen LogP contribution in [0.1, 0.15) is 6.42 Å². The van der Waals surface area contributed by atoms with Crippen LogP contribution in [0.4, 0.5) is 0 Å². The van der Waals surface area contributed by atoms with E-state index in [9.17, 15) is 0 Å². The van der Waals surface area contributed by atoms with Gasteiger partial charge in [-0.2, -0.15) is 0 Å². The fourth-order valence-corrected chi connectivity index (χ4v) is 2.52. The maximum absolute atomic E-state index is 3.84. The second-order valence-corrected chi connectivity index (χ2v) is 4.06. The normalized spacial score (nSPS) is 22.6. The zero-order chi connectivity index (χ0) is 5.11. The van der Waals surface area contributed by atoms with E-state index in [0.717, 1.165) is 0 Å². The molecule has 0 atom stereocenters. The Bertz CT molecular complexity index is 70.1. The second kappa shape index (κ2) is 2.68. The highest BCUT2D eigenvalue weighted by Crippen LogP contribution is 2.32. The van der Waals surface area contributed by atoms with E-state index in [-0.39, 0.29) is 0 Å². The summed E-state index contributed by atoms with van der Waals surface area (Å²) in [7, 11) is 0. The lowest BCUT2D eigenvalue weighted by Gasteiger charge is -2.09. The van der Waals surface area contributed by atoms with Gasteiger partial charge in [0, 0.05) is 4.24 Å². The highest BCUT2D eigenvalue weighted by molar-refractivity contribution is 8.22. The summed E-state index contributed by atoms with van der Waals surface area (Å²) < 4.78 is 1.30. The molecule has 0 aliphatic carbocycles. The first kappa shape index (κ1) is 5.57. The molecule has 0 N–H and O–H groups in total. The number of rotatable bonds is 0. The molecule has 0 saturated carbocycles. The van der Waals surface area contributed by atoms with Gasteiger partial charge in [-0.1, -0.05) is 6.58 Å². The van der Waals surface area contributed by atoms with E-state index in [2.05, 4.69) is 6.58 Å². The van der Waals surface area contributed by atoms with Crippen molar-refractivity contribution >= 4 is 23.5 Å². The Balaban J connectivity index is 2.25. The molecular weight excluding hydrogens is 124 g/mol. The highest BCUT2D eigenvalue weighted by atomic mass is 32.2. The summed E-state index contributed by atoms with van der Waals surface area (Å²) >= 11 is 3.77. The van der Waals surface area contributed by atoms with Crippen LogP contribution >= 0.6 is 23.5 Å². The third-order valence-electron chi connectivity index (χ3n) is 0.815. The van der Waals surface area contributed by atoms with E-state index < -0.39 is 0 Å². The van der Waals surface area contributed by atoms with E-state index in [1.54, 1.807) is 0 Å². The molecule has 0 unspecified atom stereocenters. The van der Waals surface area contributed by atoms with Crippen LogP contribution in [0.3, 0.4) is 0 Å². The van der Waals surface area contributed by atoms with Crippen LogP contribution in [0.5, 0.6) is 0 Å². The molecule has 2 heteroatoms. The second-order valence-electron chi connectivity index (χ2n) is 1.42. The molecule has 0 aromatic carbocycles. The third kappa shape index (κ3) is 1.78. The van der Waals surface area contributed by atoms with Crippen LogP contribution in [0.2, 0.25) is 0 Å². The van der Waals surface area contributed by atoms with Gasteiger partial charge in [-0.3, -0.25) is 0 Å². The van der Waals surface area contributed by atoms with Crippen molar-refractivity contribution in [2.45, 2.75) is 6.42 Å². The van der Waals surface area contributed by atoms with Gasteiger partial charge in [0.05, 0.1) is 0 Å². The van der Waals surface area contributed by atoms with Gasteiger partial charge in [-0.25, -0.2) is 0 Å². The molecule has 0 spiro atoms. The molecule has 1 fully saturated rings. The number of hydrogen-bond donors (Lipinski definition) is 0. The molecule has 1 aliphatic rings. The minimum atomic E-state index is 1.28. The predicted molar refractivity (Wildman–Crippen MR) is 38.7 cm³/mol. The molecule has 0 aromatic heterocycles. The number of thioether (sulfide) groups is 2. The first-order valence-corrected chi connectivity index (χ1v) is 4.31. The molecule has 1 heterocycles. The van der Waals surface area contributed by atoms with Gasteiger partial charge in [-0.05, 0) is 17.9 Å². The van der Waals surface area contributed by atoms with Crippen molar-refractivity contribution in [3.05, 3.63) is 10.8 Å². The van der Waals surface area contributed by atoms with Crippen molar-refractivity contribution in [3.8, 4) is 0 Å². The van der Waals surface area contributed by atoms with E-state index in [1.807, 2.05) is 23.5 Å². The van der Waals surface area contributed by atoms with E-state index >= 15 is 0 Å². The summed E-state index contributed by atoms with van der Waals surface area (Å²) in [5.74, 6) is 2.57. The zero-order valence-electron chi connectivity index (χ0n) is 4.14. The standard InChI is InChI=1S/C5H8S2/c1-5-6-3-2-4-7-5/h1-4H2. The Hall–Kier alpha value is 0.440. The maximum Gasteiger partial charge on any atom is 0.0328 e. The first-order valence-electron chi connectivity index (χ1n) is 2.34. The van der Waals surface area contributed by atoms with Gasteiger partial charge in [0.2, 0.25) is 0 Å². The zero-order valence-corrected chi connectivity index (χ0v) is 5.78. The lowest BCUT2D eigenvalue weighted by molar-refractivity contribution is 1.12. The van der Waals surface area contributed by atoms with Gasteiger partial charge < -0.3 is 0 Å². The van der Waals surface area contributed by atoms with E-state index in [0.29, 0.717) is 0 Å². The summed E-state index contributed by atoms with van der Waals surface area (Å²) in [5, 5.41) is 0. The Labute approximate surface area is 52.7 Å².